The minimum absolute atomic E-state index is 0.000995. The molecule has 0 aliphatic heterocycles. The van der Waals surface area contributed by atoms with Crippen molar-refractivity contribution in [2.24, 2.45) is 5.73 Å². The van der Waals surface area contributed by atoms with Crippen molar-refractivity contribution in [3.63, 3.8) is 0 Å². The van der Waals surface area contributed by atoms with Crippen molar-refractivity contribution >= 4 is 16.8 Å². The second kappa shape index (κ2) is 5.07. The maximum Gasteiger partial charge on any atom is 0.249 e. The zero-order valence-corrected chi connectivity index (χ0v) is 11.7. The molecule has 0 radical (unpaired) electrons. The lowest BCUT2D eigenvalue weighted by molar-refractivity contribution is 0.100. The first kappa shape index (κ1) is 13.4. The molecule has 0 fully saturated rings. The minimum atomic E-state index is -0.453. The number of hydrogen-bond acceptors (Lipinski definition) is 2. The number of nitrogens with one attached hydrogen (secondary N) is 1. The highest BCUT2D eigenvalue weighted by Gasteiger charge is 2.13. The molecule has 4 nitrogen and oxygen atoms in total. The number of amides is 1. The number of carbonyl (C=O) groups excluding carboxylic acids is 1. The standard InChI is InChI=1S/C17H16N2O2/c1-10-6-13-7-14(12-4-2-11(9-20)3-5-12)15(17(18)21)8-16(13)19-10/h2-8,19-20H,9H2,1H3,(H2,18,21). The monoisotopic (exact) mass is 280 g/mol. The summed E-state index contributed by atoms with van der Waals surface area (Å²) in [5.74, 6) is -0.453. The molecule has 106 valence electrons. The molecule has 0 atom stereocenters. The topological polar surface area (TPSA) is 79.1 Å². The van der Waals surface area contributed by atoms with Gasteiger partial charge < -0.3 is 15.8 Å². The summed E-state index contributed by atoms with van der Waals surface area (Å²) >= 11 is 0. The molecule has 0 aliphatic carbocycles. The van der Waals surface area contributed by atoms with Crippen molar-refractivity contribution in [2.45, 2.75) is 13.5 Å². The Morgan fingerprint density at radius 2 is 1.90 bits per heavy atom. The number of H-pyrrole nitrogens is 1. The number of aliphatic hydroxyl groups excluding tert-OH is 1. The van der Waals surface area contributed by atoms with Crippen LogP contribution in [0.15, 0.2) is 42.5 Å². The van der Waals surface area contributed by atoms with Gasteiger partial charge in [0, 0.05) is 22.2 Å². The maximum absolute atomic E-state index is 11.7. The van der Waals surface area contributed by atoms with Crippen LogP contribution in [-0.4, -0.2) is 16.0 Å². The molecule has 0 unspecified atom stereocenters. The molecule has 1 amide bonds. The first-order valence-corrected chi connectivity index (χ1v) is 6.72. The van der Waals surface area contributed by atoms with E-state index < -0.39 is 5.91 Å². The van der Waals surface area contributed by atoms with Crippen molar-refractivity contribution in [3.05, 3.63) is 59.3 Å². The second-order valence-electron chi connectivity index (χ2n) is 5.16. The Hall–Kier alpha value is -2.59. The summed E-state index contributed by atoms with van der Waals surface area (Å²) in [4.78, 5) is 14.9. The third-order valence-electron chi connectivity index (χ3n) is 3.61. The number of fused-ring (bicyclic) bond motifs is 1. The zero-order chi connectivity index (χ0) is 15.0. The summed E-state index contributed by atoms with van der Waals surface area (Å²) in [6.45, 7) is 1.97. The van der Waals surface area contributed by atoms with Crippen LogP contribution in [0.25, 0.3) is 22.0 Å². The van der Waals surface area contributed by atoms with Gasteiger partial charge in [0.25, 0.3) is 0 Å². The highest BCUT2D eigenvalue weighted by molar-refractivity contribution is 6.04. The number of rotatable bonds is 3. The van der Waals surface area contributed by atoms with Gasteiger partial charge in [-0.15, -0.1) is 0 Å². The molecule has 0 spiro atoms. The number of primary amides is 1. The summed E-state index contributed by atoms with van der Waals surface area (Å²) in [5, 5.41) is 10.1. The van der Waals surface area contributed by atoms with E-state index in [0.717, 1.165) is 33.3 Å². The molecule has 2 aromatic carbocycles. The van der Waals surface area contributed by atoms with Gasteiger partial charge in [0.2, 0.25) is 5.91 Å². The van der Waals surface area contributed by atoms with Gasteiger partial charge in [0.05, 0.1) is 6.61 Å². The third-order valence-corrected chi connectivity index (χ3v) is 3.61. The molecule has 0 aliphatic rings. The second-order valence-corrected chi connectivity index (χ2v) is 5.16. The SMILES string of the molecule is Cc1cc2cc(-c3ccc(CO)cc3)c(C(N)=O)cc2[nH]1. The molecule has 4 N–H and O–H groups in total. The van der Waals surface area contributed by atoms with Gasteiger partial charge in [0.1, 0.15) is 0 Å². The molecule has 3 aromatic rings. The number of aryl methyl sites for hydroxylation is 1. The molecule has 1 heterocycles. The van der Waals surface area contributed by atoms with E-state index in [2.05, 4.69) is 4.98 Å². The number of carbonyl (C=O) groups is 1. The van der Waals surface area contributed by atoms with Crippen molar-refractivity contribution < 1.29 is 9.90 Å². The average Bonchev–Trinajstić information content (AvgIpc) is 2.85. The van der Waals surface area contributed by atoms with Crippen molar-refractivity contribution in [2.75, 3.05) is 0 Å². The largest absolute Gasteiger partial charge is 0.392 e. The van der Waals surface area contributed by atoms with E-state index in [4.69, 9.17) is 10.8 Å². The van der Waals surface area contributed by atoms with Crippen LogP contribution in [0.2, 0.25) is 0 Å². The van der Waals surface area contributed by atoms with Gasteiger partial charge in [-0.1, -0.05) is 24.3 Å². The molecule has 3 rings (SSSR count). The van der Waals surface area contributed by atoms with E-state index in [1.165, 1.54) is 0 Å². The average molecular weight is 280 g/mol. The highest BCUT2D eigenvalue weighted by Crippen LogP contribution is 2.29. The van der Waals surface area contributed by atoms with Gasteiger partial charge in [-0.25, -0.2) is 0 Å². The molecular formula is C17H16N2O2. The van der Waals surface area contributed by atoms with Crippen LogP contribution in [0.3, 0.4) is 0 Å². The van der Waals surface area contributed by atoms with E-state index in [9.17, 15) is 4.79 Å². The quantitative estimate of drug-likeness (QED) is 0.689. The molecular weight excluding hydrogens is 264 g/mol. The number of aromatic nitrogens is 1. The minimum Gasteiger partial charge on any atom is -0.392 e. The van der Waals surface area contributed by atoms with Gasteiger partial charge in [-0.2, -0.15) is 0 Å². The fraction of sp³-hybridized carbons (Fsp3) is 0.118. The zero-order valence-electron chi connectivity index (χ0n) is 11.7. The van der Waals surface area contributed by atoms with Gasteiger partial charge >= 0.3 is 0 Å². The van der Waals surface area contributed by atoms with Crippen LogP contribution in [0, 0.1) is 6.92 Å². The van der Waals surface area contributed by atoms with Crippen molar-refractivity contribution in [1.82, 2.24) is 4.98 Å². The molecule has 0 bridgehead atoms. The van der Waals surface area contributed by atoms with E-state index in [0.29, 0.717) is 5.56 Å². The van der Waals surface area contributed by atoms with Crippen LogP contribution in [0.4, 0.5) is 0 Å². The summed E-state index contributed by atoms with van der Waals surface area (Å²) in [6, 6.07) is 13.2. The molecule has 0 saturated heterocycles. The Morgan fingerprint density at radius 3 is 2.52 bits per heavy atom. The number of aromatic amines is 1. The normalized spacial score (nSPS) is 11.0. The Labute approximate surface area is 122 Å². The Bertz CT molecular complexity index is 817. The summed E-state index contributed by atoms with van der Waals surface area (Å²) in [7, 11) is 0. The highest BCUT2D eigenvalue weighted by atomic mass is 16.3. The van der Waals surface area contributed by atoms with Gasteiger partial charge in [-0.05, 0) is 41.8 Å². The number of aliphatic hydroxyl groups is 1. The lowest BCUT2D eigenvalue weighted by atomic mass is 9.96. The van der Waals surface area contributed by atoms with E-state index >= 15 is 0 Å². The predicted octanol–water partition coefficient (Wildman–Crippen LogP) is 2.73. The van der Waals surface area contributed by atoms with Crippen molar-refractivity contribution in [3.8, 4) is 11.1 Å². The molecule has 4 heteroatoms. The first-order valence-electron chi connectivity index (χ1n) is 6.72. The third kappa shape index (κ3) is 2.41. The van der Waals surface area contributed by atoms with Crippen LogP contribution in [-0.2, 0) is 6.61 Å². The van der Waals surface area contributed by atoms with Gasteiger partial charge in [-0.3, -0.25) is 4.79 Å². The fourth-order valence-electron chi connectivity index (χ4n) is 2.56. The maximum atomic E-state index is 11.7. The van der Waals surface area contributed by atoms with E-state index in [-0.39, 0.29) is 6.61 Å². The number of benzene rings is 2. The van der Waals surface area contributed by atoms with Crippen LogP contribution >= 0.6 is 0 Å². The number of hydrogen-bond donors (Lipinski definition) is 3. The summed E-state index contributed by atoms with van der Waals surface area (Å²) in [6.07, 6.45) is 0. The smallest absolute Gasteiger partial charge is 0.249 e. The van der Waals surface area contributed by atoms with Gasteiger partial charge in [0.15, 0.2) is 0 Å². The Kier molecular flexibility index (Phi) is 3.23. The lowest BCUT2D eigenvalue weighted by Crippen LogP contribution is -2.12. The number of nitrogens with two attached hydrogens (primary N) is 1. The predicted molar refractivity (Wildman–Crippen MR) is 82.9 cm³/mol. The van der Waals surface area contributed by atoms with Crippen LogP contribution in [0.1, 0.15) is 21.6 Å². The van der Waals surface area contributed by atoms with E-state index in [1.54, 1.807) is 6.07 Å². The molecule has 1 aromatic heterocycles. The van der Waals surface area contributed by atoms with Crippen LogP contribution < -0.4 is 5.73 Å². The van der Waals surface area contributed by atoms with Crippen molar-refractivity contribution in [1.29, 1.82) is 0 Å². The summed E-state index contributed by atoms with van der Waals surface area (Å²) < 4.78 is 0. The fourth-order valence-corrected chi connectivity index (χ4v) is 2.56. The molecule has 21 heavy (non-hydrogen) atoms. The van der Waals surface area contributed by atoms with E-state index in [1.807, 2.05) is 43.3 Å². The lowest BCUT2D eigenvalue weighted by Gasteiger charge is -2.08. The molecule has 0 saturated carbocycles. The summed E-state index contributed by atoms with van der Waals surface area (Å²) in [5.41, 5.74) is 10.5. The first-order chi connectivity index (χ1) is 10.1. The van der Waals surface area contributed by atoms with Crippen LogP contribution in [0.5, 0.6) is 0 Å². The Morgan fingerprint density at radius 1 is 1.19 bits per heavy atom. The Balaban J connectivity index is 2.22.